The van der Waals surface area contributed by atoms with Gasteiger partial charge in [-0.2, -0.15) is 13.2 Å². The second kappa shape index (κ2) is 6.30. The fourth-order valence-corrected chi connectivity index (χ4v) is 3.32. The highest BCUT2D eigenvalue weighted by Crippen LogP contribution is 2.40. The second-order valence-corrected chi connectivity index (χ2v) is 6.18. The zero-order valence-electron chi connectivity index (χ0n) is 14.7. The molecule has 2 aromatic heterocycles. The molecule has 0 spiro atoms. The smallest absolute Gasteiger partial charge is 0.416 e. The number of methoxy groups -OCH3 is 1. The lowest BCUT2D eigenvalue weighted by molar-refractivity contribution is -0.137. The van der Waals surface area contributed by atoms with Crippen molar-refractivity contribution in [2.45, 2.75) is 19.5 Å². The van der Waals surface area contributed by atoms with Crippen molar-refractivity contribution in [3.8, 4) is 17.0 Å². The van der Waals surface area contributed by atoms with Crippen LogP contribution in [0, 0.1) is 0 Å². The van der Waals surface area contributed by atoms with Gasteiger partial charge in [0.25, 0.3) is 0 Å². The van der Waals surface area contributed by atoms with E-state index in [-0.39, 0.29) is 0 Å². The first kappa shape index (κ1) is 17.4. The average Bonchev–Trinajstić information content (AvgIpc) is 3.04. The zero-order valence-corrected chi connectivity index (χ0v) is 14.7. The van der Waals surface area contributed by atoms with Crippen molar-refractivity contribution in [2.75, 3.05) is 7.11 Å². The normalized spacial score (nSPS) is 12.0. The SMILES string of the molecule is CCc1c(-c2ccc(C(F)(F)F)cc2)nc2c(oc3ccccc32)c1OC. The Bertz CT molecular complexity index is 1130. The van der Waals surface area contributed by atoms with E-state index >= 15 is 0 Å². The number of furan rings is 1. The molecule has 2 heterocycles. The highest BCUT2D eigenvalue weighted by atomic mass is 19.4. The predicted molar refractivity (Wildman–Crippen MR) is 97.9 cm³/mol. The van der Waals surface area contributed by atoms with Gasteiger partial charge in [0.05, 0.1) is 18.4 Å². The molecule has 138 valence electrons. The van der Waals surface area contributed by atoms with E-state index in [0.29, 0.717) is 40.1 Å². The van der Waals surface area contributed by atoms with Crippen LogP contribution in [0.2, 0.25) is 0 Å². The largest absolute Gasteiger partial charge is 0.492 e. The minimum absolute atomic E-state index is 0.547. The summed E-state index contributed by atoms with van der Waals surface area (Å²) in [5.41, 5.74) is 3.17. The molecule has 2 aromatic carbocycles. The number of aromatic nitrogens is 1. The Morgan fingerprint density at radius 2 is 1.74 bits per heavy atom. The number of hydrogen-bond donors (Lipinski definition) is 0. The van der Waals surface area contributed by atoms with Crippen LogP contribution in [-0.4, -0.2) is 12.1 Å². The molecule has 0 saturated heterocycles. The molecule has 6 heteroatoms. The summed E-state index contributed by atoms with van der Waals surface area (Å²) in [6, 6.07) is 12.5. The summed E-state index contributed by atoms with van der Waals surface area (Å²) in [5, 5.41) is 0.835. The van der Waals surface area contributed by atoms with Crippen LogP contribution in [0.15, 0.2) is 52.9 Å². The summed E-state index contributed by atoms with van der Waals surface area (Å²) in [4.78, 5) is 4.75. The second-order valence-electron chi connectivity index (χ2n) is 6.18. The van der Waals surface area contributed by atoms with Gasteiger partial charge >= 0.3 is 6.18 Å². The molecule has 27 heavy (non-hydrogen) atoms. The summed E-state index contributed by atoms with van der Waals surface area (Å²) in [5.74, 6) is 0.564. The lowest BCUT2D eigenvalue weighted by Gasteiger charge is -2.13. The van der Waals surface area contributed by atoms with Gasteiger partial charge in [-0.25, -0.2) is 4.98 Å². The van der Waals surface area contributed by atoms with Gasteiger partial charge in [0, 0.05) is 16.5 Å². The van der Waals surface area contributed by atoms with Crippen molar-refractivity contribution >= 4 is 22.1 Å². The first-order valence-corrected chi connectivity index (χ1v) is 8.49. The van der Waals surface area contributed by atoms with Crippen molar-refractivity contribution in [1.82, 2.24) is 4.98 Å². The third kappa shape index (κ3) is 2.81. The number of benzene rings is 2. The summed E-state index contributed by atoms with van der Waals surface area (Å²) < 4.78 is 50.2. The van der Waals surface area contributed by atoms with Gasteiger partial charge in [-0.3, -0.25) is 0 Å². The van der Waals surface area contributed by atoms with Crippen molar-refractivity contribution in [3.05, 3.63) is 59.7 Å². The van der Waals surface area contributed by atoms with Crippen molar-refractivity contribution in [3.63, 3.8) is 0 Å². The topological polar surface area (TPSA) is 35.3 Å². The Morgan fingerprint density at radius 3 is 2.37 bits per heavy atom. The fraction of sp³-hybridized carbons (Fsp3) is 0.190. The summed E-state index contributed by atoms with van der Waals surface area (Å²) in [7, 11) is 1.55. The van der Waals surface area contributed by atoms with E-state index in [9.17, 15) is 13.2 Å². The number of nitrogens with zero attached hydrogens (tertiary/aromatic N) is 1. The third-order valence-corrected chi connectivity index (χ3v) is 4.60. The molecule has 0 aliphatic rings. The van der Waals surface area contributed by atoms with E-state index in [1.54, 1.807) is 7.11 Å². The number of fused-ring (bicyclic) bond motifs is 3. The maximum atomic E-state index is 12.9. The molecule has 0 atom stereocenters. The Balaban J connectivity index is 2.00. The molecular formula is C21H16F3NO2. The minimum Gasteiger partial charge on any atom is -0.492 e. The first-order chi connectivity index (χ1) is 12.9. The number of pyridine rings is 1. The number of ether oxygens (including phenoxy) is 1. The highest BCUT2D eigenvalue weighted by Gasteiger charge is 2.30. The van der Waals surface area contributed by atoms with E-state index in [2.05, 4.69) is 0 Å². The van der Waals surface area contributed by atoms with E-state index in [4.69, 9.17) is 14.1 Å². The highest BCUT2D eigenvalue weighted by molar-refractivity contribution is 6.05. The lowest BCUT2D eigenvalue weighted by Crippen LogP contribution is -2.04. The standard InChI is InChI=1S/C21H16F3NO2/c1-3-14-17(12-8-10-13(11-9-12)21(22,23)24)25-18-15-6-4-5-7-16(15)27-20(18)19(14)26-2/h4-11H,3H2,1-2H3. The van der Waals surface area contributed by atoms with Gasteiger partial charge in [-0.05, 0) is 30.7 Å². The molecule has 0 aliphatic heterocycles. The molecule has 0 radical (unpaired) electrons. The average molecular weight is 371 g/mol. The van der Waals surface area contributed by atoms with Crippen LogP contribution < -0.4 is 4.74 Å². The number of hydrogen-bond acceptors (Lipinski definition) is 3. The molecule has 0 unspecified atom stereocenters. The first-order valence-electron chi connectivity index (χ1n) is 8.49. The van der Waals surface area contributed by atoms with E-state index < -0.39 is 11.7 Å². The van der Waals surface area contributed by atoms with Crippen LogP contribution in [-0.2, 0) is 12.6 Å². The van der Waals surface area contributed by atoms with E-state index in [1.165, 1.54) is 12.1 Å². The maximum absolute atomic E-state index is 12.9. The van der Waals surface area contributed by atoms with Gasteiger partial charge in [0.15, 0.2) is 11.3 Å². The van der Waals surface area contributed by atoms with Crippen molar-refractivity contribution in [1.29, 1.82) is 0 Å². The van der Waals surface area contributed by atoms with E-state index in [1.807, 2.05) is 31.2 Å². The van der Waals surface area contributed by atoms with Gasteiger partial charge in [0.2, 0.25) is 0 Å². The Morgan fingerprint density at radius 1 is 1.04 bits per heavy atom. The van der Waals surface area contributed by atoms with Crippen LogP contribution in [0.5, 0.6) is 5.75 Å². The van der Waals surface area contributed by atoms with Gasteiger partial charge in [-0.1, -0.05) is 31.2 Å². The molecule has 3 nitrogen and oxygen atoms in total. The number of halogens is 3. The van der Waals surface area contributed by atoms with Crippen LogP contribution >= 0.6 is 0 Å². The number of para-hydroxylation sites is 1. The maximum Gasteiger partial charge on any atom is 0.416 e. The number of alkyl halides is 3. The lowest BCUT2D eigenvalue weighted by atomic mass is 10.0. The Hall–Kier alpha value is -3.02. The molecule has 0 aliphatic carbocycles. The Kier molecular flexibility index (Phi) is 4.06. The summed E-state index contributed by atoms with van der Waals surface area (Å²) >= 11 is 0. The fourth-order valence-electron chi connectivity index (χ4n) is 3.32. The molecule has 4 aromatic rings. The van der Waals surface area contributed by atoms with Crippen LogP contribution in [0.25, 0.3) is 33.3 Å². The quantitative estimate of drug-likeness (QED) is 0.428. The zero-order chi connectivity index (χ0) is 19.2. The molecule has 0 bridgehead atoms. The van der Waals surface area contributed by atoms with Gasteiger partial charge < -0.3 is 9.15 Å². The molecule has 0 N–H and O–H groups in total. The van der Waals surface area contributed by atoms with Crippen molar-refractivity contribution < 1.29 is 22.3 Å². The molecular weight excluding hydrogens is 355 g/mol. The monoisotopic (exact) mass is 371 g/mol. The minimum atomic E-state index is -4.37. The molecule has 4 rings (SSSR count). The third-order valence-electron chi connectivity index (χ3n) is 4.60. The van der Waals surface area contributed by atoms with Crippen LogP contribution in [0.3, 0.4) is 0 Å². The molecule has 0 saturated carbocycles. The summed E-state index contributed by atoms with van der Waals surface area (Å²) in [6.45, 7) is 1.95. The van der Waals surface area contributed by atoms with Gasteiger partial charge in [-0.15, -0.1) is 0 Å². The Labute approximate surface area is 153 Å². The molecule has 0 amide bonds. The van der Waals surface area contributed by atoms with Crippen LogP contribution in [0.1, 0.15) is 18.1 Å². The van der Waals surface area contributed by atoms with Crippen LogP contribution in [0.4, 0.5) is 13.2 Å². The predicted octanol–water partition coefficient (Wildman–Crippen LogP) is 6.24. The van der Waals surface area contributed by atoms with Gasteiger partial charge in [0.1, 0.15) is 11.1 Å². The van der Waals surface area contributed by atoms with Crippen molar-refractivity contribution in [2.24, 2.45) is 0 Å². The van der Waals surface area contributed by atoms with E-state index in [0.717, 1.165) is 23.1 Å². The summed E-state index contributed by atoms with van der Waals surface area (Å²) in [6.07, 6.45) is -3.78. The number of rotatable bonds is 3. The molecule has 0 fully saturated rings.